The fraction of sp³-hybridized carbons (Fsp3) is 0.0769. The lowest BCUT2D eigenvalue weighted by Gasteiger charge is -2.01. The van der Waals surface area contributed by atoms with Crippen LogP contribution < -0.4 is 10.5 Å². The molecule has 1 heterocycles. The molecule has 0 unspecified atom stereocenters. The van der Waals surface area contributed by atoms with Crippen molar-refractivity contribution < 1.29 is 13.9 Å². The quantitative estimate of drug-likeness (QED) is 0.787. The second-order valence-electron chi connectivity index (χ2n) is 3.72. The SMILES string of the molecule is Cn1cc(C#Cc2cc(OC(N)=O)ccc2F)cn1. The molecule has 0 saturated carbocycles. The minimum absolute atomic E-state index is 0.114. The molecule has 2 N–H and O–H groups in total. The van der Waals surface area contributed by atoms with Crippen molar-refractivity contribution in [2.45, 2.75) is 0 Å². The Hall–Kier alpha value is -2.81. The number of carbonyl (C=O) groups is 1. The van der Waals surface area contributed by atoms with E-state index in [-0.39, 0.29) is 11.3 Å². The zero-order valence-corrected chi connectivity index (χ0v) is 10.1. The van der Waals surface area contributed by atoms with E-state index in [0.717, 1.165) is 6.07 Å². The Labute approximate surface area is 108 Å². The number of benzene rings is 1. The normalized spacial score (nSPS) is 9.58. The van der Waals surface area contributed by atoms with Gasteiger partial charge in [0.05, 0.1) is 17.3 Å². The van der Waals surface area contributed by atoms with Crippen molar-refractivity contribution >= 4 is 6.09 Å². The molecule has 0 saturated heterocycles. The van der Waals surface area contributed by atoms with Crippen LogP contribution in [-0.2, 0) is 7.05 Å². The summed E-state index contributed by atoms with van der Waals surface area (Å²) in [5.74, 6) is 5.04. The third-order valence-corrected chi connectivity index (χ3v) is 2.20. The first-order valence-electron chi connectivity index (χ1n) is 5.32. The van der Waals surface area contributed by atoms with Gasteiger partial charge >= 0.3 is 6.09 Å². The summed E-state index contributed by atoms with van der Waals surface area (Å²) >= 11 is 0. The number of halogens is 1. The third kappa shape index (κ3) is 3.33. The van der Waals surface area contributed by atoms with Crippen molar-refractivity contribution in [2.75, 3.05) is 0 Å². The van der Waals surface area contributed by atoms with Crippen LogP contribution in [0, 0.1) is 17.7 Å². The lowest BCUT2D eigenvalue weighted by atomic mass is 10.2. The molecular formula is C13H10FN3O2. The fourth-order valence-corrected chi connectivity index (χ4v) is 1.41. The molecule has 6 heteroatoms. The maximum Gasteiger partial charge on any atom is 0.409 e. The first-order chi connectivity index (χ1) is 9.04. The summed E-state index contributed by atoms with van der Waals surface area (Å²) in [5.41, 5.74) is 5.65. The van der Waals surface area contributed by atoms with Crippen LogP contribution in [0.3, 0.4) is 0 Å². The molecule has 0 fully saturated rings. The van der Waals surface area contributed by atoms with Crippen molar-refractivity contribution in [1.82, 2.24) is 9.78 Å². The number of nitrogens with zero attached hydrogens (tertiary/aromatic N) is 2. The molecule has 2 rings (SSSR count). The second kappa shape index (κ2) is 5.23. The Balaban J connectivity index is 2.29. The highest BCUT2D eigenvalue weighted by Gasteiger charge is 2.04. The molecule has 0 aliphatic heterocycles. The van der Waals surface area contributed by atoms with E-state index in [2.05, 4.69) is 21.7 Å². The molecule has 2 aromatic rings. The van der Waals surface area contributed by atoms with Crippen molar-refractivity contribution in [3.63, 3.8) is 0 Å². The van der Waals surface area contributed by atoms with Gasteiger partial charge in [0.15, 0.2) is 0 Å². The van der Waals surface area contributed by atoms with Gasteiger partial charge in [-0.3, -0.25) is 4.68 Å². The minimum atomic E-state index is -0.960. The summed E-state index contributed by atoms with van der Waals surface area (Å²) in [7, 11) is 1.76. The Kier molecular flexibility index (Phi) is 3.48. The predicted molar refractivity (Wildman–Crippen MR) is 65.8 cm³/mol. The van der Waals surface area contributed by atoms with Crippen LogP contribution >= 0.6 is 0 Å². The van der Waals surface area contributed by atoms with Crippen LogP contribution in [0.25, 0.3) is 0 Å². The molecule has 0 radical (unpaired) electrons. The van der Waals surface area contributed by atoms with Crippen molar-refractivity contribution in [1.29, 1.82) is 0 Å². The maximum absolute atomic E-state index is 13.5. The van der Waals surface area contributed by atoms with E-state index in [1.807, 2.05) is 0 Å². The highest BCUT2D eigenvalue weighted by molar-refractivity contribution is 5.68. The number of rotatable bonds is 1. The summed E-state index contributed by atoms with van der Waals surface area (Å²) in [4.78, 5) is 10.6. The zero-order chi connectivity index (χ0) is 13.8. The van der Waals surface area contributed by atoms with Gasteiger partial charge in [-0.1, -0.05) is 11.8 Å². The Bertz CT molecular complexity index is 683. The summed E-state index contributed by atoms with van der Waals surface area (Å²) in [5, 5.41) is 3.94. The second-order valence-corrected chi connectivity index (χ2v) is 3.72. The smallest absolute Gasteiger partial charge is 0.409 e. The summed E-state index contributed by atoms with van der Waals surface area (Å²) in [6.45, 7) is 0. The highest BCUT2D eigenvalue weighted by atomic mass is 19.1. The standard InChI is InChI=1S/C13H10FN3O2/c1-17-8-9(7-16-17)2-3-10-6-11(19-13(15)18)4-5-12(10)14/h4-8H,1H3,(H2,15,18). The summed E-state index contributed by atoms with van der Waals surface area (Å²) < 4.78 is 19.8. The molecule has 1 aromatic carbocycles. The Morgan fingerprint density at radius 3 is 2.89 bits per heavy atom. The molecule has 0 aliphatic carbocycles. The molecular weight excluding hydrogens is 249 g/mol. The Morgan fingerprint density at radius 1 is 1.47 bits per heavy atom. The molecule has 19 heavy (non-hydrogen) atoms. The lowest BCUT2D eigenvalue weighted by Crippen LogP contribution is -2.16. The van der Waals surface area contributed by atoms with Crippen molar-refractivity contribution in [3.8, 4) is 17.6 Å². The number of ether oxygens (including phenoxy) is 1. The average molecular weight is 259 g/mol. The van der Waals surface area contributed by atoms with E-state index in [9.17, 15) is 9.18 Å². The number of nitrogens with two attached hydrogens (primary N) is 1. The van der Waals surface area contributed by atoms with Gasteiger partial charge in [-0.25, -0.2) is 9.18 Å². The van der Waals surface area contributed by atoms with Crippen LogP contribution in [0.5, 0.6) is 5.75 Å². The molecule has 1 aromatic heterocycles. The summed E-state index contributed by atoms with van der Waals surface area (Å²) in [6, 6.07) is 3.77. The fourth-order valence-electron chi connectivity index (χ4n) is 1.41. The van der Waals surface area contributed by atoms with Gasteiger partial charge in [-0.05, 0) is 18.2 Å². The minimum Gasteiger partial charge on any atom is -0.410 e. The number of carbonyl (C=O) groups excluding carboxylic acids is 1. The van der Waals surface area contributed by atoms with Gasteiger partial charge in [0.1, 0.15) is 11.6 Å². The van der Waals surface area contributed by atoms with Crippen LogP contribution in [0.2, 0.25) is 0 Å². The van der Waals surface area contributed by atoms with Crippen LogP contribution in [0.1, 0.15) is 11.1 Å². The lowest BCUT2D eigenvalue weighted by molar-refractivity contribution is 0.211. The van der Waals surface area contributed by atoms with Gasteiger partial charge in [-0.15, -0.1) is 0 Å². The van der Waals surface area contributed by atoms with Crippen molar-refractivity contribution in [2.24, 2.45) is 12.8 Å². The van der Waals surface area contributed by atoms with Gasteiger partial charge in [0.2, 0.25) is 0 Å². The zero-order valence-electron chi connectivity index (χ0n) is 10.1. The number of primary amides is 1. The van der Waals surface area contributed by atoms with Gasteiger partial charge in [0, 0.05) is 13.2 Å². The van der Waals surface area contributed by atoms with E-state index in [1.165, 1.54) is 12.1 Å². The van der Waals surface area contributed by atoms with Gasteiger partial charge in [0.25, 0.3) is 0 Å². The van der Waals surface area contributed by atoms with Crippen LogP contribution in [0.15, 0.2) is 30.6 Å². The monoisotopic (exact) mass is 259 g/mol. The first-order valence-corrected chi connectivity index (χ1v) is 5.32. The van der Waals surface area contributed by atoms with E-state index in [4.69, 9.17) is 5.73 Å². The van der Waals surface area contributed by atoms with Crippen molar-refractivity contribution in [3.05, 3.63) is 47.5 Å². The van der Waals surface area contributed by atoms with E-state index >= 15 is 0 Å². The first kappa shape index (κ1) is 12.6. The molecule has 5 nitrogen and oxygen atoms in total. The molecule has 0 aliphatic rings. The number of aryl methyl sites for hydroxylation is 1. The predicted octanol–water partition coefficient (Wildman–Crippen LogP) is 1.42. The highest BCUT2D eigenvalue weighted by Crippen LogP contribution is 2.16. The largest absolute Gasteiger partial charge is 0.410 e. The van der Waals surface area contributed by atoms with E-state index in [1.54, 1.807) is 24.1 Å². The Morgan fingerprint density at radius 2 is 2.26 bits per heavy atom. The molecule has 0 atom stereocenters. The topological polar surface area (TPSA) is 70.1 Å². The number of hydrogen-bond acceptors (Lipinski definition) is 3. The van der Waals surface area contributed by atoms with E-state index < -0.39 is 11.9 Å². The molecule has 0 bridgehead atoms. The van der Waals surface area contributed by atoms with Crippen LogP contribution in [-0.4, -0.2) is 15.9 Å². The van der Waals surface area contributed by atoms with Gasteiger partial charge < -0.3 is 10.5 Å². The molecule has 0 spiro atoms. The van der Waals surface area contributed by atoms with Gasteiger partial charge in [-0.2, -0.15) is 5.10 Å². The molecule has 96 valence electrons. The maximum atomic E-state index is 13.5. The van der Waals surface area contributed by atoms with Crippen LogP contribution in [0.4, 0.5) is 9.18 Å². The van der Waals surface area contributed by atoms with E-state index in [0.29, 0.717) is 5.56 Å². The molecule has 1 amide bonds. The third-order valence-electron chi connectivity index (χ3n) is 2.20. The summed E-state index contributed by atoms with van der Waals surface area (Å²) in [6.07, 6.45) is 2.31. The number of aromatic nitrogens is 2. The average Bonchev–Trinajstić information content (AvgIpc) is 2.75. The number of amides is 1. The number of hydrogen-bond donors (Lipinski definition) is 1.